The van der Waals surface area contributed by atoms with Crippen LogP contribution in [-0.4, -0.2) is 104 Å². The summed E-state index contributed by atoms with van der Waals surface area (Å²) >= 11 is 0. The molecule has 7 N–H and O–H groups in total. The van der Waals surface area contributed by atoms with Crippen LogP contribution in [0.1, 0.15) is 45.4 Å². The lowest BCUT2D eigenvalue weighted by atomic mass is 9.53. The number of hydrogen-bond donors (Lipinski definition) is 7. The summed E-state index contributed by atoms with van der Waals surface area (Å²) in [6, 6.07) is 0. The van der Waals surface area contributed by atoms with Gasteiger partial charge in [0.1, 0.15) is 40.4 Å². The Labute approximate surface area is 270 Å². The van der Waals surface area contributed by atoms with E-state index in [2.05, 4.69) is 10.6 Å². The van der Waals surface area contributed by atoms with Gasteiger partial charge in [-0.05, 0) is 57.6 Å². The molecule has 7 bridgehead atoms. The lowest BCUT2D eigenvalue weighted by Gasteiger charge is -2.58. The molecule has 0 aromatic heterocycles. The quantitative estimate of drug-likeness (QED) is 0.158. The predicted octanol–water partition coefficient (Wildman–Crippen LogP) is 1.33. The first-order valence-corrected chi connectivity index (χ1v) is 18.6. The van der Waals surface area contributed by atoms with E-state index in [-0.39, 0.29) is 35.2 Å². The fourth-order valence-corrected chi connectivity index (χ4v) is 11.5. The molecule has 11 nitrogen and oxygen atoms in total. The van der Waals surface area contributed by atoms with E-state index < -0.39 is 71.5 Å². The molecule has 13 atom stereocenters. The lowest BCUT2D eigenvalue weighted by Crippen LogP contribution is -2.76. The van der Waals surface area contributed by atoms with E-state index >= 15 is 0 Å². The van der Waals surface area contributed by atoms with Crippen LogP contribution in [0.4, 0.5) is 0 Å². The maximum absolute atomic E-state index is 14.8. The van der Waals surface area contributed by atoms with Gasteiger partial charge < -0.3 is 40.3 Å². The highest BCUT2D eigenvalue weighted by molar-refractivity contribution is 8.76. The minimum Gasteiger partial charge on any atom is -0.511 e. The highest BCUT2D eigenvalue weighted by Crippen LogP contribution is 2.56. The SMILES string of the molecule is CC1=C[C@H]2C(=O)C3CCCC4O[C@@H]5O[C@]6(CO)C=C[C@@H](CC7CCNC(C7)NCSSC[C@@]2(C(=O)C43)C(O)=C1)[C@@](O)([C@H]5O)[C@@H]6O. The van der Waals surface area contributed by atoms with Crippen LogP contribution in [0.3, 0.4) is 0 Å². The number of aliphatic hydroxyl groups is 5. The Kier molecular flexibility index (Phi) is 8.62. The summed E-state index contributed by atoms with van der Waals surface area (Å²) in [6.07, 6.45) is 4.65. The van der Waals surface area contributed by atoms with Gasteiger partial charge in [-0.2, -0.15) is 0 Å². The van der Waals surface area contributed by atoms with E-state index in [1.807, 2.05) is 13.0 Å². The number of ketones is 2. The number of Topliss-reactive ketones (excluding diaryl/α,β-unsaturated/α-hetero) is 2. The number of allylic oxidation sites excluding steroid dienone is 4. The van der Waals surface area contributed by atoms with Gasteiger partial charge in [-0.25, -0.2) is 0 Å². The van der Waals surface area contributed by atoms with E-state index in [1.165, 1.54) is 10.8 Å². The third-order valence-electron chi connectivity index (χ3n) is 11.6. The Bertz CT molecular complexity index is 1310. The highest BCUT2D eigenvalue weighted by Gasteiger charge is 2.68. The van der Waals surface area contributed by atoms with E-state index in [4.69, 9.17) is 9.47 Å². The normalized spacial score (nSPS) is 50.2. The van der Waals surface area contributed by atoms with Crippen molar-refractivity contribution in [2.75, 3.05) is 24.8 Å². The van der Waals surface area contributed by atoms with Crippen LogP contribution in [0, 0.1) is 35.0 Å². The molecule has 0 aromatic carbocycles. The van der Waals surface area contributed by atoms with Gasteiger partial charge >= 0.3 is 0 Å². The first kappa shape index (κ1) is 32.3. The molecule has 1 spiro atoms. The standard InChI is InChI=1S/C32H44N2O9S2/c1-16-9-20-25(37)19-3-2-4-21-24(19)26(38)31(20,22(36)10-16)14-44-45-15-34-23-12-17(6-8-33-23)11-18-5-7-30(13-35)29(40)32(18,41)27(39)28(42-21)43-30/h5,7,9-10,17-21,23-24,27-29,33-36,39-41H,2-4,6,8,11-15H2,1H3/t17?,18-,19?,20-,21?,23?,24?,27-,28+,29+,30-,31-,32+/m0/s1. The summed E-state index contributed by atoms with van der Waals surface area (Å²) in [6.45, 7) is 1.91. The number of rotatable bonds is 1. The molecule has 248 valence electrons. The molecule has 2 saturated carbocycles. The number of aliphatic hydroxyl groups excluding tert-OH is 4. The zero-order chi connectivity index (χ0) is 31.7. The van der Waals surface area contributed by atoms with Crippen molar-refractivity contribution >= 4 is 33.2 Å². The van der Waals surface area contributed by atoms with E-state index in [9.17, 15) is 35.1 Å². The molecule has 3 heterocycles. The number of piperidine rings is 1. The van der Waals surface area contributed by atoms with Gasteiger partial charge in [-0.15, -0.1) is 0 Å². The predicted molar refractivity (Wildman–Crippen MR) is 168 cm³/mol. The number of ether oxygens (including phenoxy) is 2. The molecule has 7 rings (SSSR count). The molecule has 5 unspecified atom stereocenters. The Morgan fingerprint density at radius 1 is 1.11 bits per heavy atom. The fraction of sp³-hybridized carbons (Fsp3) is 0.750. The van der Waals surface area contributed by atoms with Crippen LogP contribution in [0.25, 0.3) is 0 Å². The summed E-state index contributed by atoms with van der Waals surface area (Å²) < 4.78 is 12.6. The maximum atomic E-state index is 14.8. The Hall–Kier alpha value is -1.26. The highest BCUT2D eigenvalue weighted by atomic mass is 33.1. The van der Waals surface area contributed by atoms with Gasteiger partial charge in [0.25, 0.3) is 0 Å². The second-order valence-corrected chi connectivity index (χ2v) is 16.5. The summed E-state index contributed by atoms with van der Waals surface area (Å²) in [5, 5.41) is 64.4. The molecular weight excluding hydrogens is 620 g/mol. The summed E-state index contributed by atoms with van der Waals surface area (Å²) in [4.78, 5) is 29.0. The van der Waals surface area contributed by atoms with E-state index in [0.717, 1.165) is 25.0 Å². The van der Waals surface area contributed by atoms with Gasteiger partial charge in [0, 0.05) is 17.6 Å². The van der Waals surface area contributed by atoms with E-state index in [1.54, 1.807) is 29.0 Å². The van der Waals surface area contributed by atoms with Crippen LogP contribution in [0.15, 0.2) is 35.6 Å². The average Bonchev–Trinajstić information content (AvgIpc) is 3.02. The van der Waals surface area contributed by atoms with Crippen molar-refractivity contribution in [2.24, 2.45) is 35.0 Å². The van der Waals surface area contributed by atoms with Crippen LogP contribution in [0.2, 0.25) is 0 Å². The average molecular weight is 665 g/mol. The smallest absolute Gasteiger partial charge is 0.188 e. The zero-order valence-electron chi connectivity index (χ0n) is 25.3. The van der Waals surface area contributed by atoms with Crippen molar-refractivity contribution in [3.8, 4) is 0 Å². The molecule has 3 aliphatic heterocycles. The maximum Gasteiger partial charge on any atom is 0.188 e. The first-order valence-electron chi connectivity index (χ1n) is 16.2. The zero-order valence-corrected chi connectivity index (χ0v) is 27.0. The number of hydrogen-bond acceptors (Lipinski definition) is 13. The Morgan fingerprint density at radius 3 is 2.73 bits per heavy atom. The topological polar surface area (TPSA) is 178 Å². The fourth-order valence-electron chi connectivity index (χ4n) is 9.16. The first-order chi connectivity index (χ1) is 21.5. The van der Waals surface area contributed by atoms with Gasteiger partial charge in [0.05, 0.1) is 36.6 Å². The Balaban J connectivity index is 1.30. The lowest BCUT2D eigenvalue weighted by molar-refractivity contribution is -0.375. The molecule has 0 amide bonds. The second kappa shape index (κ2) is 12.0. The molecule has 4 aliphatic carbocycles. The molecule has 13 heteroatoms. The van der Waals surface area contributed by atoms with Crippen LogP contribution < -0.4 is 10.6 Å². The minimum atomic E-state index is -2.09. The third kappa shape index (κ3) is 4.95. The molecule has 45 heavy (non-hydrogen) atoms. The summed E-state index contributed by atoms with van der Waals surface area (Å²) in [5.74, 6) is -2.51. The van der Waals surface area contributed by atoms with Gasteiger partial charge in [-0.1, -0.05) is 51.8 Å². The second-order valence-electron chi connectivity index (χ2n) is 14.1. The summed E-state index contributed by atoms with van der Waals surface area (Å²) in [5.41, 5.74) is -4.53. The van der Waals surface area contributed by atoms with Gasteiger partial charge in [-0.3, -0.25) is 14.9 Å². The third-order valence-corrected chi connectivity index (χ3v) is 13.9. The molecule has 0 aromatic rings. The summed E-state index contributed by atoms with van der Waals surface area (Å²) in [7, 11) is 3.00. The van der Waals surface area contributed by atoms with Crippen molar-refractivity contribution in [3.05, 3.63) is 35.6 Å². The van der Waals surface area contributed by atoms with Crippen LogP contribution in [0.5, 0.6) is 0 Å². The number of nitrogens with one attached hydrogen (secondary N) is 2. The number of fused-ring (bicyclic) bond motifs is 4. The van der Waals surface area contributed by atoms with Crippen molar-refractivity contribution in [1.29, 1.82) is 0 Å². The van der Waals surface area contributed by atoms with Crippen molar-refractivity contribution < 1.29 is 44.6 Å². The minimum absolute atomic E-state index is 0.00350. The number of carbonyl (C=O) groups is 2. The van der Waals surface area contributed by atoms with Crippen molar-refractivity contribution in [1.82, 2.24) is 10.6 Å². The van der Waals surface area contributed by atoms with Crippen molar-refractivity contribution in [3.63, 3.8) is 0 Å². The molecular formula is C32H44N2O9S2. The largest absolute Gasteiger partial charge is 0.511 e. The van der Waals surface area contributed by atoms with Gasteiger partial charge in [0.2, 0.25) is 0 Å². The van der Waals surface area contributed by atoms with E-state index in [0.29, 0.717) is 31.6 Å². The van der Waals surface area contributed by atoms with Crippen LogP contribution in [-0.2, 0) is 19.1 Å². The monoisotopic (exact) mass is 664 g/mol. The van der Waals surface area contributed by atoms with Crippen LogP contribution >= 0.6 is 21.6 Å². The molecule has 0 radical (unpaired) electrons. The molecule has 5 fully saturated rings. The molecule has 3 saturated heterocycles. The van der Waals surface area contributed by atoms with Gasteiger partial charge in [0.15, 0.2) is 12.1 Å². The number of carbonyl (C=O) groups excluding carboxylic acids is 2. The van der Waals surface area contributed by atoms with Crippen molar-refractivity contribution in [2.45, 2.75) is 87.4 Å². The Morgan fingerprint density at radius 2 is 1.93 bits per heavy atom. The molecule has 7 aliphatic rings.